The number of carbonyl (C=O) groups excluding carboxylic acids is 2. The van der Waals surface area contributed by atoms with Gasteiger partial charge in [0.15, 0.2) is 0 Å². The van der Waals surface area contributed by atoms with E-state index in [1.807, 2.05) is 30.1 Å². The van der Waals surface area contributed by atoms with Crippen molar-refractivity contribution >= 4 is 33.4 Å². The third-order valence-corrected chi connectivity index (χ3v) is 6.59. The number of thiazole rings is 1. The molecule has 0 radical (unpaired) electrons. The van der Waals surface area contributed by atoms with E-state index >= 15 is 0 Å². The molecule has 4 rings (SSSR count). The summed E-state index contributed by atoms with van der Waals surface area (Å²) in [4.78, 5) is 32.8. The number of ether oxygens (including phenoxy) is 1. The highest BCUT2D eigenvalue weighted by Gasteiger charge is 2.41. The lowest BCUT2D eigenvalue weighted by atomic mass is 10.2. The van der Waals surface area contributed by atoms with Gasteiger partial charge in [-0.25, -0.2) is 4.98 Å². The number of aryl methyl sites for hydroxylation is 1. The second-order valence-corrected chi connectivity index (χ2v) is 8.43. The van der Waals surface area contributed by atoms with Crippen molar-refractivity contribution in [2.75, 3.05) is 26.7 Å². The molecule has 0 saturated carbocycles. The maximum Gasteiger partial charge on any atom is 0.225 e. The fraction of sp³-hybridized carbons (Fsp3) is 0.550. The molecule has 2 aliphatic heterocycles. The fourth-order valence-corrected chi connectivity index (χ4v) is 4.90. The second-order valence-electron chi connectivity index (χ2n) is 7.31. The molecule has 2 aliphatic rings. The van der Waals surface area contributed by atoms with Crippen molar-refractivity contribution in [2.45, 2.75) is 44.2 Å². The SMILES string of the molecule is CN1C(=O)CCO[C@H]2CN(C(=O)CCCCc3nc4ccccc4s3)C[C@@H]21. The van der Waals surface area contributed by atoms with E-state index in [1.165, 1.54) is 4.70 Å². The summed E-state index contributed by atoms with van der Waals surface area (Å²) in [7, 11) is 1.82. The Morgan fingerprint density at radius 2 is 2.15 bits per heavy atom. The van der Waals surface area contributed by atoms with E-state index in [0.717, 1.165) is 29.8 Å². The molecule has 0 bridgehead atoms. The summed E-state index contributed by atoms with van der Waals surface area (Å²) in [6, 6.07) is 8.17. The zero-order valence-corrected chi connectivity index (χ0v) is 16.4. The lowest BCUT2D eigenvalue weighted by Crippen LogP contribution is -2.43. The molecule has 0 aliphatic carbocycles. The molecule has 2 amide bonds. The molecule has 1 aromatic heterocycles. The first-order valence-electron chi connectivity index (χ1n) is 9.61. The molecule has 27 heavy (non-hydrogen) atoms. The third kappa shape index (κ3) is 3.99. The number of nitrogens with zero attached hydrogens (tertiary/aromatic N) is 3. The van der Waals surface area contributed by atoms with Crippen molar-refractivity contribution in [3.8, 4) is 0 Å². The molecular weight excluding hydrogens is 362 g/mol. The molecule has 0 spiro atoms. The number of likely N-dealkylation sites (tertiary alicyclic amines) is 1. The van der Waals surface area contributed by atoms with Crippen LogP contribution in [0.25, 0.3) is 10.2 Å². The van der Waals surface area contributed by atoms with E-state index in [1.54, 1.807) is 16.2 Å². The van der Waals surface area contributed by atoms with E-state index in [-0.39, 0.29) is 24.0 Å². The first-order chi connectivity index (χ1) is 13.1. The highest BCUT2D eigenvalue weighted by Crippen LogP contribution is 2.24. The van der Waals surface area contributed by atoms with Crippen molar-refractivity contribution in [3.05, 3.63) is 29.3 Å². The highest BCUT2D eigenvalue weighted by atomic mass is 32.1. The monoisotopic (exact) mass is 387 g/mol. The van der Waals surface area contributed by atoms with Crippen LogP contribution in [0.5, 0.6) is 0 Å². The number of benzene rings is 1. The van der Waals surface area contributed by atoms with Crippen molar-refractivity contribution in [1.29, 1.82) is 0 Å². The minimum Gasteiger partial charge on any atom is -0.374 e. The van der Waals surface area contributed by atoms with Gasteiger partial charge in [-0.2, -0.15) is 0 Å². The van der Waals surface area contributed by atoms with Crippen LogP contribution < -0.4 is 0 Å². The Labute approximate surface area is 163 Å². The number of fused-ring (bicyclic) bond motifs is 2. The van der Waals surface area contributed by atoms with E-state index in [9.17, 15) is 9.59 Å². The molecule has 6 nitrogen and oxygen atoms in total. The molecule has 7 heteroatoms. The van der Waals surface area contributed by atoms with Gasteiger partial charge in [0.25, 0.3) is 0 Å². The lowest BCUT2D eigenvalue weighted by Gasteiger charge is -2.25. The quantitative estimate of drug-likeness (QED) is 0.740. The van der Waals surface area contributed by atoms with Crippen molar-refractivity contribution < 1.29 is 14.3 Å². The molecule has 2 saturated heterocycles. The van der Waals surface area contributed by atoms with Gasteiger partial charge in [0.2, 0.25) is 11.8 Å². The average molecular weight is 388 g/mol. The maximum absolute atomic E-state index is 12.6. The van der Waals surface area contributed by atoms with Gasteiger partial charge in [-0.15, -0.1) is 11.3 Å². The minimum absolute atomic E-state index is 0.00769. The molecule has 2 atom stereocenters. The maximum atomic E-state index is 12.6. The van der Waals surface area contributed by atoms with E-state index in [2.05, 4.69) is 11.1 Å². The molecule has 144 valence electrons. The first-order valence-corrected chi connectivity index (χ1v) is 10.4. The standard InChI is InChI=1S/C20H25N3O3S/c1-22-15-12-23(13-16(15)26-11-10-19(22)24)20(25)9-5-4-8-18-21-14-6-2-3-7-17(14)27-18/h2-3,6-7,15-16H,4-5,8-13H2,1H3/t15-,16-/m0/s1. The normalized spacial score (nSPS) is 22.9. The predicted octanol–water partition coefficient (Wildman–Crippen LogP) is 2.47. The Kier molecular flexibility index (Phi) is 5.41. The lowest BCUT2D eigenvalue weighted by molar-refractivity contribution is -0.133. The smallest absolute Gasteiger partial charge is 0.225 e. The molecule has 0 unspecified atom stereocenters. The van der Waals surface area contributed by atoms with Gasteiger partial charge < -0.3 is 14.5 Å². The van der Waals surface area contributed by atoms with Gasteiger partial charge in [0.1, 0.15) is 0 Å². The van der Waals surface area contributed by atoms with Crippen LogP contribution in [-0.4, -0.2) is 65.5 Å². The zero-order valence-electron chi connectivity index (χ0n) is 15.6. The number of hydrogen-bond donors (Lipinski definition) is 0. The number of amides is 2. The van der Waals surface area contributed by atoms with Crippen LogP contribution in [0.15, 0.2) is 24.3 Å². The Balaban J connectivity index is 1.24. The van der Waals surface area contributed by atoms with Crippen molar-refractivity contribution in [3.63, 3.8) is 0 Å². The van der Waals surface area contributed by atoms with Gasteiger partial charge in [-0.05, 0) is 31.4 Å². The van der Waals surface area contributed by atoms with Crippen LogP contribution in [0, 0.1) is 0 Å². The van der Waals surface area contributed by atoms with E-state index < -0.39 is 0 Å². The number of para-hydroxylation sites is 1. The van der Waals surface area contributed by atoms with Crippen molar-refractivity contribution in [1.82, 2.24) is 14.8 Å². The number of carbonyl (C=O) groups is 2. The number of aromatic nitrogens is 1. The van der Waals surface area contributed by atoms with Gasteiger partial charge in [0, 0.05) is 26.6 Å². The second kappa shape index (κ2) is 7.94. The summed E-state index contributed by atoms with van der Waals surface area (Å²) in [6.07, 6.45) is 3.66. The van der Waals surface area contributed by atoms with Gasteiger partial charge in [-0.1, -0.05) is 12.1 Å². The summed E-state index contributed by atoms with van der Waals surface area (Å²) < 4.78 is 7.02. The van der Waals surface area contributed by atoms with Crippen LogP contribution in [0.4, 0.5) is 0 Å². The first kappa shape index (κ1) is 18.4. The number of hydrogen-bond acceptors (Lipinski definition) is 5. The highest BCUT2D eigenvalue weighted by molar-refractivity contribution is 7.18. The zero-order chi connectivity index (χ0) is 18.8. The topological polar surface area (TPSA) is 62.7 Å². The molecule has 2 fully saturated rings. The molecular formula is C20H25N3O3S. The van der Waals surface area contributed by atoms with Crippen LogP contribution in [0.2, 0.25) is 0 Å². The predicted molar refractivity (Wildman–Crippen MR) is 105 cm³/mol. The van der Waals surface area contributed by atoms with Crippen molar-refractivity contribution in [2.24, 2.45) is 0 Å². The molecule has 0 N–H and O–H groups in total. The Morgan fingerprint density at radius 3 is 3.00 bits per heavy atom. The van der Waals surface area contributed by atoms with Crippen LogP contribution in [0.3, 0.4) is 0 Å². The Bertz CT molecular complexity index is 804. The summed E-state index contributed by atoms with van der Waals surface area (Å²) in [5.74, 6) is 0.268. The molecule has 3 heterocycles. The summed E-state index contributed by atoms with van der Waals surface area (Å²) >= 11 is 1.74. The number of likely N-dealkylation sites (N-methyl/N-ethyl adjacent to an activating group) is 1. The van der Waals surface area contributed by atoms with Gasteiger partial charge in [-0.3, -0.25) is 9.59 Å². The van der Waals surface area contributed by atoms with Gasteiger partial charge >= 0.3 is 0 Å². The Hall–Kier alpha value is -1.99. The third-order valence-electron chi connectivity index (χ3n) is 5.50. The van der Waals surface area contributed by atoms with Crippen LogP contribution in [0.1, 0.15) is 30.7 Å². The van der Waals surface area contributed by atoms with Crippen LogP contribution >= 0.6 is 11.3 Å². The summed E-state index contributed by atoms with van der Waals surface area (Å²) in [5, 5.41) is 1.14. The fourth-order valence-electron chi connectivity index (χ4n) is 3.89. The molecule has 2 aromatic rings. The average Bonchev–Trinajstić information content (AvgIpc) is 3.25. The van der Waals surface area contributed by atoms with E-state index in [4.69, 9.17) is 4.74 Å². The minimum atomic E-state index is -0.0480. The number of rotatable bonds is 5. The van der Waals surface area contributed by atoms with Crippen LogP contribution in [-0.2, 0) is 20.7 Å². The number of unbranched alkanes of at least 4 members (excludes halogenated alkanes) is 1. The molecule has 1 aromatic carbocycles. The van der Waals surface area contributed by atoms with Gasteiger partial charge in [0.05, 0.1) is 40.4 Å². The summed E-state index contributed by atoms with van der Waals surface area (Å²) in [6.45, 7) is 1.64. The summed E-state index contributed by atoms with van der Waals surface area (Å²) in [5.41, 5.74) is 1.06. The largest absolute Gasteiger partial charge is 0.374 e. The van der Waals surface area contributed by atoms with E-state index in [0.29, 0.717) is 32.5 Å². The Morgan fingerprint density at radius 1 is 1.30 bits per heavy atom.